The third-order valence-corrected chi connectivity index (χ3v) is 5.27. The number of nitrogens with zero attached hydrogens (tertiary/aromatic N) is 1. The monoisotopic (exact) mass is 401 g/mol. The van der Waals surface area contributed by atoms with E-state index in [1.54, 1.807) is 12.1 Å². The van der Waals surface area contributed by atoms with Crippen molar-refractivity contribution in [2.24, 2.45) is 5.73 Å². The Bertz CT molecular complexity index is 809. The highest BCUT2D eigenvalue weighted by atomic mass is 35.5. The lowest BCUT2D eigenvalue weighted by Crippen LogP contribution is -2.41. The molecule has 6 heteroatoms. The number of nitrogens with two attached hydrogens (primary N) is 1. The second kappa shape index (κ2) is 10.2. The number of primary amides is 1. The van der Waals surface area contributed by atoms with Gasteiger partial charge in [0.2, 0.25) is 11.8 Å². The van der Waals surface area contributed by atoms with Crippen molar-refractivity contribution in [2.45, 2.75) is 31.7 Å². The predicted molar refractivity (Wildman–Crippen MR) is 114 cm³/mol. The second-order valence-electron chi connectivity index (χ2n) is 7.31. The number of halogens is 1. The average Bonchev–Trinajstić information content (AvgIpc) is 2.66. The van der Waals surface area contributed by atoms with E-state index in [-0.39, 0.29) is 17.9 Å². The Morgan fingerprint density at radius 2 is 1.82 bits per heavy atom. The van der Waals surface area contributed by atoms with E-state index in [1.165, 1.54) is 0 Å². The fourth-order valence-corrected chi connectivity index (χ4v) is 3.30. The molecule has 3 N–H and O–H groups in total. The van der Waals surface area contributed by atoms with Crippen LogP contribution in [0.1, 0.15) is 40.7 Å². The summed E-state index contributed by atoms with van der Waals surface area (Å²) >= 11 is 6.31. The van der Waals surface area contributed by atoms with E-state index in [2.05, 4.69) is 17.1 Å². The van der Waals surface area contributed by atoms with E-state index in [9.17, 15) is 9.59 Å². The molecule has 0 unspecified atom stereocenters. The summed E-state index contributed by atoms with van der Waals surface area (Å²) in [4.78, 5) is 25.7. The largest absolute Gasteiger partial charge is 0.366 e. The van der Waals surface area contributed by atoms with Gasteiger partial charge in [-0.25, -0.2) is 0 Å². The number of likely N-dealkylation sites (N-methyl/N-ethyl adjacent to an activating group) is 1. The molecule has 28 heavy (non-hydrogen) atoms. The molecule has 0 aliphatic heterocycles. The normalized spacial score (nSPS) is 13.2. The molecule has 0 saturated heterocycles. The van der Waals surface area contributed by atoms with Crippen LogP contribution in [0.25, 0.3) is 0 Å². The summed E-state index contributed by atoms with van der Waals surface area (Å²) in [6.07, 6.45) is 1.09. The van der Waals surface area contributed by atoms with Crippen molar-refractivity contribution in [3.8, 4) is 0 Å². The zero-order valence-corrected chi connectivity index (χ0v) is 17.4. The van der Waals surface area contributed by atoms with Gasteiger partial charge in [0.1, 0.15) is 0 Å². The predicted octanol–water partition coefficient (Wildman–Crippen LogP) is 3.22. The average molecular weight is 402 g/mol. The molecule has 0 aliphatic carbocycles. The molecule has 5 nitrogen and oxygen atoms in total. The lowest BCUT2D eigenvalue weighted by atomic mass is 9.97. The maximum Gasteiger partial charge on any atom is 0.248 e. The lowest BCUT2D eigenvalue weighted by Gasteiger charge is -2.25. The van der Waals surface area contributed by atoms with Crippen molar-refractivity contribution in [1.29, 1.82) is 0 Å². The van der Waals surface area contributed by atoms with Gasteiger partial charge in [0, 0.05) is 29.6 Å². The van der Waals surface area contributed by atoms with Crippen LogP contribution in [0, 0.1) is 0 Å². The zero-order valence-electron chi connectivity index (χ0n) is 16.6. The third-order valence-electron chi connectivity index (χ3n) is 4.92. The number of hydrogen-bond donors (Lipinski definition) is 2. The number of rotatable bonds is 9. The van der Waals surface area contributed by atoms with Crippen LogP contribution in [-0.2, 0) is 11.2 Å². The molecule has 0 fully saturated rings. The molecule has 2 rings (SSSR count). The van der Waals surface area contributed by atoms with Crippen molar-refractivity contribution >= 4 is 23.4 Å². The molecule has 0 aromatic heterocycles. The molecule has 0 heterocycles. The van der Waals surface area contributed by atoms with Crippen molar-refractivity contribution in [1.82, 2.24) is 10.2 Å². The maximum atomic E-state index is 12.4. The molecule has 0 spiro atoms. The molecule has 2 amide bonds. The third kappa shape index (κ3) is 6.36. The number of hydrogen-bond acceptors (Lipinski definition) is 3. The molecular weight excluding hydrogens is 374 g/mol. The molecule has 0 bridgehead atoms. The van der Waals surface area contributed by atoms with Gasteiger partial charge >= 0.3 is 0 Å². The van der Waals surface area contributed by atoms with Gasteiger partial charge in [0.05, 0.1) is 0 Å². The highest BCUT2D eigenvalue weighted by molar-refractivity contribution is 6.31. The Morgan fingerprint density at radius 1 is 1.14 bits per heavy atom. The Hall–Kier alpha value is -2.37. The van der Waals surface area contributed by atoms with E-state index in [1.807, 2.05) is 50.5 Å². The molecule has 2 aromatic rings. The summed E-state index contributed by atoms with van der Waals surface area (Å²) in [6.45, 7) is 2.57. The summed E-state index contributed by atoms with van der Waals surface area (Å²) in [5.41, 5.74) is 7.75. The van der Waals surface area contributed by atoms with Crippen molar-refractivity contribution in [3.05, 3.63) is 70.2 Å². The van der Waals surface area contributed by atoms with Crippen LogP contribution >= 0.6 is 11.6 Å². The van der Waals surface area contributed by atoms with Gasteiger partial charge in [-0.3, -0.25) is 9.59 Å². The van der Waals surface area contributed by atoms with E-state index in [0.717, 1.165) is 11.1 Å². The first-order valence-corrected chi connectivity index (χ1v) is 9.72. The van der Waals surface area contributed by atoms with Gasteiger partial charge in [-0.15, -0.1) is 0 Å². The molecule has 2 aromatic carbocycles. The van der Waals surface area contributed by atoms with Crippen LogP contribution in [0.4, 0.5) is 0 Å². The zero-order chi connectivity index (χ0) is 20.7. The van der Waals surface area contributed by atoms with Gasteiger partial charge in [-0.2, -0.15) is 0 Å². The summed E-state index contributed by atoms with van der Waals surface area (Å²) in [5.74, 6) is -0.314. The number of carbonyl (C=O) groups excluding carboxylic acids is 2. The van der Waals surface area contributed by atoms with Gasteiger partial charge in [-0.05, 0) is 49.7 Å². The van der Waals surface area contributed by atoms with Crippen molar-refractivity contribution < 1.29 is 9.59 Å². The van der Waals surface area contributed by atoms with Gasteiger partial charge in [-0.1, -0.05) is 54.9 Å². The highest BCUT2D eigenvalue weighted by Gasteiger charge is 2.17. The Morgan fingerprint density at radius 3 is 2.39 bits per heavy atom. The second-order valence-corrected chi connectivity index (χ2v) is 7.72. The first-order valence-electron chi connectivity index (χ1n) is 9.34. The molecular formula is C22H28ClN3O2. The smallest absolute Gasteiger partial charge is 0.248 e. The van der Waals surface area contributed by atoms with E-state index in [4.69, 9.17) is 17.3 Å². The summed E-state index contributed by atoms with van der Waals surface area (Å²) < 4.78 is 0. The van der Waals surface area contributed by atoms with Crippen molar-refractivity contribution in [3.63, 3.8) is 0 Å². The standard InChI is InChI=1S/C22H28ClN3O2/c1-15(16-7-5-4-6-8-16)11-21(27)25-14-19(26(2)3)12-17-9-10-18(22(24)28)13-20(17)23/h4-10,13,15,19H,11-12,14H2,1-3H3,(H2,24,28)(H,25,27)/t15-,19-/m0/s1. The van der Waals surface area contributed by atoms with Crippen LogP contribution in [0.3, 0.4) is 0 Å². The molecule has 2 atom stereocenters. The van der Waals surface area contributed by atoms with E-state index >= 15 is 0 Å². The van der Waals surface area contributed by atoms with E-state index in [0.29, 0.717) is 30.0 Å². The minimum absolute atomic E-state index is 0.0263. The maximum absolute atomic E-state index is 12.4. The number of amides is 2. The summed E-state index contributed by atoms with van der Waals surface area (Å²) in [7, 11) is 3.93. The fourth-order valence-electron chi connectivity index (χ4n) is 3.04. The van der Waals surface area contributed by atoms with Crippen LogP contribution in [0.15, 0.2) is 48.5 Å². The van der Waals surface area contributed by atoms with Gasteiger partial charge in [0.15, 0.2) is 0 Å². The van der Waals surface area contributed by atoms with Crippen LogP contribution in [0.2, 0.25) is 5.02 Å². The van der Waals surface area contributed by atoms with Crippen LogP contribution in [-0.4, -0.2) is 43.4 Å². The number of carbonyl (C=O) groups is 2. The minimum atomic E-state index is -0.502. The minimum Gasteiger partial charge on any atom is -0.366 e. The van der Waals surface area contributed by atoms with E-state index < -0.39 is 5.91 Å². The van der Waals surface area contributed by atoms with Crippen molar-refractivity contribution in [2.75, 3.05) is 20.6 Å². The first kappa shape index (κ1) is 21.9. The van der Waals surface area contributed by atoms with Gasteiger partial charge in [0.25, 0.3) is 0 Å². The number of benzene rings is 2. The first-order chi connectivity index (χ1) is 13.3. The molecule has 0 radical (unpaired) electrons. The summed E-state index contributed by atoms with van der Waals surface area (Å²) in [5, 5.41) is 3.54. The highest BCUT2D eigenvalue weighted by Crippen LogP contribution is 2.21. The summed E-state index contributed by atoms with van der Waals surface area (Å²) in [6, 6.07) is 15.2. The van der Waals surface area contributed by atoms with Crippen LogP contribution in [0.5, 0.6) is 0 Å². The Labute approximate surface area is 171 Å². The van der Waals surface area contributed by atoms with Gasteiger partial charge < -0.3 is 16.0 Å². The fraction of sp³-hybridized carbons (Fsp3) is 0.364. The lowest BCUT2D eigenvalue weighted by molar-refractivity contribution is -0.121. The van der Waals surface area contributed by atoms with Crippen LogP contribution < -0.4 is 11.1 Å². The Kier molecular flexibility index (Phi) is 8.03. The quantitative estimate of drug-likeness (QED) is 0.677. The number of nitrogens with one attached hydrogen (secondary N) is 1. The SMILES string of the molecule is C[C@@H](CC(=O)NC[C@H](Cc1ccc(C(N)=O)cc1Cl)N(C)C)c1ccccc1. The molecule has 0 aliphatic rings. The molecule has 150 valence electrons. The molecule has 0 saturated carbocycles. The Balaban J connectivity index is 1.94. The topological polar surface area (TPSA) is 75.4 Å².